The molecule has 0 aromatic heterocycles. The first-order chi connectivity index (χ1) is 10.8. The highest BCUT2D eigenvalue weighted by Gasteiger charge is 2.23. The Morgan fingerprint density at radius 2 is 1.48 bits per heavy atom. The third-order valence-electron chi connectivity index (χ3n) is 3.86. The molecule has 1 aromatic rings. The topological polar surface area (TPSA) is 67.4 Å². The second-order valence-corrected chi connectivity index (χ2v) is 6.41. The van der Waals surface area contributed by atoms with Crippen LogP contribution in [0.15, 0.2) is 24.3 Å². The molecule has 0 unspecified atom stereocenters. The first-order valence-corrected chi connectivity index (χ1v) is 8.01. The minimum atomic E-state index is -0.744. The van der Waals surface area contributed by atoms with Gasteiger partial charge in [0.1, 0.15) is 0 Å². The fourth-order valence-corrected chi connectivity index (χ4v) is 2.37. The molecule has 23 heavy (non-hydrogen) atoms. The highest BCUT2D eigenvalue weighted by molar-refractivity contribution is 5.94. The van der Waals surface area contributed by atoms with Crippen LogP contribution < -0.4 is 10.6 Å². The largest absolute Gasteiger partial charge is 0.453 e. The first-order valence-electron chi connectivity index (χ1n) is 8.01. The highest BCUT2D eigenvalue weighted by Crippen LogP contribution is 2.24. The third kappa shape index (κ3) is 5.67. The Labute approximate surface area is 138 Å². The Hall–Kier alpha value is -1.88. The number of nitrogens with one attached hydrogen (secondary N) is 2. The van der Waals surface area contributed by atoms with Gasteiger partial charge >= 0.3 is 6.09 Å². The molecule has 0 aliphatic heterocycles. The van der Waals surface area contributed by atoms with Crippen molar-refractivity contribution >= 4 is 12.0 Å². The molecule has 5 heteroatoms. The monoisotopic (exact) mass is 320 g/mol. The molecular formula is C18H28N2O3. The van der Waals surface area contributed by atoms with Crippen LogP contribution in [0.3, 0.4) is 0 Å². The van der Waals surface area contributed by atoms with Crippen molar-refractivity contribution in [1.29, 1.82) is 0 Å². The molecule has 128 valence electrons. The molecule has 0 fully saturated rings. The van der Waals surface area contributed by atoms with Crippen molar-refractivity contribution in [3.8, 4) is 0 Å². The molecule has 0 bridgehead atoms. The van der Waals surface area contributed by atoms with Gasteiger partial charge in [-0.15, -0.1) is 0 Å². The lowest BCUT2D eigenvalue weighted by Crippen LogP contribution is -2.46. The van der Waals surface area contributed by atoms with Gasteiger partial charge in [0.05, 0.1) is 13.2 Å². The van der Waals surface area contributed by atoms with E-state index in [0.717, 1.165) is 5.56 Å². The van der Waals surface area contributed by atoms with E-state index in [-0.39, 0.29) is 6.04 Å². The van der Waals surface area contributed by atoms with Crippen LogP contribution in [0.1, 0.15) is 57.7 Å². The average molecular weight is 320 g/mol. The molecule has 0 aliphatic rings. The first kappa shape index (κ1) is 19.2. The van der Waals surface area contributed by atoms with Gasteiger partial charge < -0.3 is 4.74 Å². The zero-order valence-electron chi connectivity index (χ0n) is 14.8. The number of carbonyl (C=O) groups excluding carboxylic acids is 2. The van der Waals surface area contributed by atoms with E-state index in [1.54, 1.807) is 6.92 Å². The summed E-state index contributed by atoms with van der Waals surface area (Å²) in [5, 5.41) is 5.48. The number of carbonyl (C=O) groups is 2. The van der Waals surface area contributed by atoms with Gasteiger partial charge in [0.2, 0.25) is 5.91 Å². The van der Waals surface area contributed by atoms with Gasteiger partial charge in [-0.25, -0.2) is 4.79 Å². The normalized spacial score (nSPS) is 13.7. The van der Waals surface area contributed by atoms with Crippen LogP contribution in [0, 0.1) is 5.92 Å². The van der Waals surface area contributed by atoms with Crippen LogP contribution in [0.2, 0.25) is 0 Å². The Bertz CT molecular complexity index is 524. The maximum Gasteiger partial charge on any atom is 0.413 e. The van der Waals surface area contributed by atoms with Crippen LogP contribution in [-0.2, 0) is 9.53 Å². The number of imide groups is 1. The van der Waals surface area contributed by atoms with Crippen molar-refractivity contribution in [2.45, 2.75) is 52.6 Å². The summed E-state index contributed by atoms with van der Waals surface area (Å²) in [6, 6.07) is 7.95. The predicted molar refractivity (Wildman–Crippen MR) is 91.3 cm³/mol. The average Bonchev–Trinajstić information content (AvgIpc) is 2.51. The van der Waals surface area contributed by atoms with E-state index >= 15 is 0 Å². The number of amides is 2. The van der Waals surface area contributed by atoms with Gasteiger partial charge in [0, 0.05) is 6.04 Å². The predicted octanol–water partition coefficient (Wildman–Crippen LogP) is 3.37. The van der Waals surface area contributed by atoms with Crippen molar-refractivity contribution in [3.63, 3.8) is 0 Å². The Morgan fingerprint density at radius 1 is 0.957 bits per heavy atom. The summed E-state index contributed by atoms with van der Waals surface area (Å²) in [4.78, 5) is 23.1. The summed E-state index contributed by atoms with van der Waals surface area (Å²) in [7, 11) is 1.23. The van der Waals surface area contributed by atoms with Crippen molar-refractivity contribution in [3.05, 3.63) is 35.4 Å². The summed E-state index contributed by atoms with van der Waals surface area (Å²) >= 11 is 0. The number of benzene rings is 1. The number of hydrogen-bond donors (Lipinski definition) is 2. The molecular weight excluding hydrogens is 292 g/mol. The van der Waals surface area contributed by atoms with Crippen molar-refractivity contribution in [2.24, 2.45) is 5.92 Å². The molecule has 1 aromatic carbocycles. The number of rotatable bonds is 6. The van der Waals surface area contributed by atoms with Gasteiger partial charge in [-0.2, -0.15) is 0 Å². The van der Waals surface area contributed by atoms with Gasteiger partial charge in [-0.1, -0.05) is 52.0 Å². The second kappa shape index (κ2) is 8.67. The molecule has 0 aliphatic carbocycles. The summed E-state index contributed by atoms with van der Waals surface area (Å²) in [6.45, 7) is 10.2. The molecule has 2 amide bonds. The van der Waals surface area contributed by atoms with E-state index in [9.17, 15) is 9.59 Å². The van der Waals surface area contributed by atoms with E-state index in [4.69, 9.17) is 0 Å². The summed E-state index contributed by atoms with van der Waals surface area (Å²) in [5.41, 5.74) is 2.41. The summed E-state index contributed by atoms with van der Waals surface area (Å²) < 4.78 is 4.44. The van der Waals surface area contributed by atoms with Crippen LogP contribution >= 0.6 is 0 Å². The lowest BCUT2D eigenvalue weighted by atomic mass is 9.93. The third-order valence-corrected chi connectivity index (χ3v) is 3.86. The van der Waals surface area contributed by atoms with Gasteiger partial charge in [-0.05, 0) is 29.9 Å². The fourth-order valence-electron chi connectivity index (χ4n) is 2.37. The fraction of sp³-hybridized carbons (Fsp3) is 0.556. The molecule has 5 nitrogen and oxygen atoms in total. The lowest BCUT2D eigenvalue weighted by molar-refractivity contribution is -0.122. The molecule has 2 N–H and O–H groups in total. The molecule has 2 atom stereocenters. The maximum atomic E-state index is 12.0. The smallest absolute Gasteiger partial charge is 0.413 e. The van der Waals surface area contributed by atoms with Crippen molar-refractivity contribution in [2.75, 3.05) is 7.11 Å². The van der Waals surface area contributed by atoms with E-state index in [0.29, 0.717) is 11.8 Å². The Morgan fingerprint density at radius 3 is 1.91 bits per heavy atom. The molecule has 0 radical (unpaired) electrons. The maximum absolute atomic E-state index is 12.0. The summed E-state index contributed by atoms with van der Waals surface area (Å²) in [5.74, 6) is 0.383. The van der Waals surface area contributed by atoms with Gasteiger partial charge in [0.15, 0.2) is 0 Å². The van der Waals surface area contributed by atoms with E-state index in [1.165, 1.54) is 12.7 Å². The molecule has 1 rings (SSSR count). The molecule has 0 saturated heterocycles. The van der Waals surface area contributed by atoms with E-state index in [2.05, 4.69) is 67.3 Å². The van der Waals surface area contributed by atoms with Crippen molar-refractivity contribution < 1.29 is 14.3 Å². The molecule has 0 saturated carbocycles. The number of alkyl carbamates (subject to hydrolysis) is 1. The van der Waals surface area contributed by atoms with E-state index in [1.807, 2.05) is 0 Å². The standard InChI is InChI=1S/C18H28N2O3/c1-11(2)14-7-9-15(10-8-14)16(12(3)4)19-13(5)17(21)20-18(22)23-6/h7-13,16,19H,1-6H3,(H,20,21,22)/t13-,16+/m1/s1. The van der Waals surface area contributed by atoms with Crippen LogP contribution in [0.25, 0.3) is 0 Å². The SMILES string of the molecule is COC(=O)NC(=O)[C@@H](C)N[C@H](c1ccc(C(C)C)cc1)C(C)C. The van der Waals surface area contributed by atoms with Crippen LogP contribution in [0.5, 0.6) is 0 Å². The van der Waals surface area contributed by atoms with Crippen LogP contribution in [0.4, 0.5) is 4.79 Å². The number of ether oxygens (including phenoxy) is 1. The molecule has 0 spiro atoms. The van der Waals surface area contributed by atoms with Crippen molar-refractivity contribution in [1.82, 2.24) is 10.6 Å². The van der Waals surface area contributed by atoms with E-state index < -0.39 is 18.0 Å². The highest BCUT2D eigenvalue weighted by atomic mass is 16.5. The zero-order chi connectivity index (χ0) is 17.6. The Balaban J connectivity index is 2.82. The van der Waals surface area contributed by atoms with Crippen LogP contribution in [-0.4, -0.2) is 25.2 Å². The number of hydrogen-bond acceptors (Lipinski definition) is 4. The number of methoxy groups -OCH3 is 1. The second-order valence-electron chi connectivity index (χ2n) is 6.41. The lowest BCUT2D eigenvalue weighted by Gasteiger charge is -2.26. The zero-order valence-corrected chi connectivity index (χ0v) is 14.8. The van der Waals surface area contributed by atoms with Gasteiger partial charge in [-0.3, -0.25) is 15.4 Å². The minimum absolute atomic E-state index is 0.0228. The minimum Gasteiger partial charge on any atom is -0.453 e. The quantitative estimate of drug-likeness (QED) is 0.843. The Kier molecular flexibility index (Phi) is 7.23. The van der Waals surface area contributed by atoms with Gasteiger partial charge in [0.25, 0.3) is 0 Å². The molecule has 0 heterocycles. The summed E-state index contributed by atoms with van der Waals surface area (Å²) in [6.07, 6.45) is -0.744.